The van der Waals surface area contributed by atoms with Gasteiger partial charge in [0.25, 0.3) is 0 Å². The molecule has 0 aromatic heterocycles. The monoisotopic (exact) mass is 581 g/mol. The molecule has 0 aliphatic carbocycles. The maximum atomic E-state index is 13.2. The Morgan fingerprint density at radius 2 is 1.75 bits per heavy atom. The number of aliphatic hydroxyl groups excluding tert-OH is 1. The normalized spacial score (nSPS) is 17.0. The number of nitrogens with zero attached hydrogens (tertiary/aromatic N) is 3. The number of rotatable bonds is 10. The second kappa shape index (κ2) is 12.5. The van der Waals surface area contributed by atoms with E-state index in [9.17, 15) is 13.5 Å². The fourth-order valence-electron chi connectivity index (χ4n) is 5.44. The van der Waals surface area contributed by atoms with Crippen LogP contribution in [0, 0.1) is 5.92 Å². The predicted octanol–water partition coefficient (Wildman–Crippen LogP) is 5.60. The molecule has 2 aliphatic rings. The van der Waals surface area contributed by atoms with Crippen molar-refractivity contribution in [2.45, 2.75) is 53.6 Å². The predicted molar refractivity (Wildman–Crippen MR) is 161 cm³/mol. The second-order valence-electron chi connectivity index (χ2n) is 10.8. The summed E-state index contributed by atoms with van der Waals surface area (Å²) < 4.78 is 33.9. The number of ether oxygens (including phenoxy) is 1. The average Bonchev–Trinajstić information content (AvgIpc) is 2.96. The molecule has 1 atom stereocenters. The fraction of sp³-hybridized carbons (Fsp3) is 0.419. The van der Waals surface area contributed by atoms with Crippen molar-refractivity contribution >= 4 is 33.2 Å². The van der Waals surface area contributed by atoms with Gasteiger partial charge in [0.15, 0.2) is 0 Å². The van der Waals surface area contributed by atoms with Gasteiger partial charge in [0, 0.05) is 31.6 Å². The molecular formula is C31H39N3O4S2. The molecule has 0 spiro atoms. The molecule has 2 aliphatic heterocycles. The van der Waals surface area contributed by atoms with Crippen molar-refractivity contribution in [1.29, 1.82) is 0 Å². The summed E-state index contributed by atoms with van der Waals surface area (Å²) in [7, 11) is -0.460. The van der Waals surface area contributed by atoms with Gasteiger partial charge < -0.3 is 19.6 Å². The lowest BCUT2D eigenvalue weighted by atomic mass is 9.92. The van der Waals surface area contributed by atoms with Crippen LogP contribution in [-0.4, -0.2) is 69.1 Å². The van der Waals surface area contributed by atoms with E-state index in [1.165, 1.54) is 16.1 Å². The molecule has 5 rings (SSSR count). The van der Waals surface area contributed by atoms with Crippen LogP contribution in [0.2, 0.25) is 0 Å². The quantitative estimate of drug-likeness (QED) is 0.334. The summed E-state index contributed by atoms with van der Waals surface area (Å²) >= 11 is 1.51. The zero-order chi connectivity index (χ0) is 28.3. The molecule has 1 fully saturated rings. The summed E-state index contributed by atoms with van der Waals surface area (Å²) in [5.41, 5.74) is 3.05. The van der Waals surface area contributed by atoms with Crippen molar-refractivity contribution in [3.8, 4) is 5.75 Å². The Labute approximate surface area is 242 Å². The van der Waals surface area contributed by atoms with E-state index in [2.05, 4.69) is 15.9 Å². The maximum Gasteiger partial charge on any atom is 0.243 e. The van der Waals surface area contributed by atoms with Gasteiger partial charge in [-0.15, -0.1) is 0 Å². The topological polar surface area (TPSA) is 73.3 Å². The number of sulfonamides is 1. The van der Waals surface area contributed by atoms with Crippen molar-refractivity contribution in [1.82, 2.24) is 9.21 Å². The number of anilines is 2. The molecule has 0 bridgehead atoms. The molecule has 1 unspecified atom stereocenters. The third-order valence-electron chi connectivity index (χ3n) is 7.86. The van der Waals surface area contributed by atoms with Crippen LogP contribution >= 0.6 is 11.8 Å². The Balaban J connectivity index is 1.40. The van der Waals surface area contributed by atoms with Crippen LogP contribution in [0.5, 0.6) is 5.75 Å². The van der Waals surface area contributed by atoms with E-state index in [1.54, 1.807) is 20.2 Å². The van der Waals surface area contributed by atoms with Crippen LogP contribution in [0.3, 0.4) is 0 Å². The van der Waals surface area contributed by atoms with Crippen LogP contribution in [-0.2, 0) is 16.6 Å². The highest BCUT2D eigenvalue weighted by Gasteiger charge is 2.31. The Kier molecular flexibility index (Phi) is 9.07. The van der Waals surface area contributed by atoms with Crippen molar-refractivity contribution in [2.24, 2.45) is 5.92 Å². The molecule has 9 heteroatoms. The van der Waals surface area contributed by atoms with E-state index in [0.717, 1.165) is 77.9 Å². The number of likely N-dealkylation sites (tertiary alicyclic amines) is 1. The zero-order valence-corrected chi connectivity index (χ0v) is 25.1. The first kappa shape index (κ1) is 29.0. The van der Waals surface area contributed by atoms with E-state index >= 15 is 0 Å². The van der Waals surface area contributed by atoms with Gasteiger partial charge in [-0.25, -0.2) is 12.7 Å². The summed E-state index contributed by atoms with van der Waals surface area (Å²) in [6.45, 7) is 6.09. The largest absolute Gasteiger partial charge is 0.489 e. The summed E-state index contributed by atoms with van der Waals surface area (Å²) in [6, 6.07) is 21.7. The molecule has 1 N–H and O–H groups in total. The molecule has 214 valence electrons. The first-order chi connectivity index (χ1) is 19.2. The SMILES string of the molecule is CC(O)C1CCN(CCCN2c3cc(OCc4ccccc4)ccc3Sc3c2cccc3S(=O)(=O)N(C)C)CC1. The van der Waals surface area contributed by atoms with Gasteiger partial charge in [0.1, 0.15) is 12.4 Å². The summed E-state index contributed by atoms with van der Waals surface area (Å²) in [5, 5.41) is 9.95. The molecule has 3 aromatic carbocycles. The molecule has 40 heavy (non-hydrogen) atoms. The Morgan fingerprint density at radius 3 is 2.45 bits per heavy atom. The highest BCUT2D eigenvalue weighted by Crippen LogP contribution is 2.51. The molecule has 7 nitrogen and oxygen atoms in total. The van der Waals surface area contributed by atoms with Gasteiger partial charge in [-0.3, -0.25) is 0 Å². The third kappa shape index (κ3) is 6.34. The molecule has 0 amide bonds. The van der Waals surface area contributed by atoms with Crippen LogP contribution in [0.25, 0.3) is 0 Å². The fourth-order valence-corrected chi connectivity index (χ4v) is 7.94. The van der Waals surface area contributed by atoms with Crippen LogP contribution in [0.15, 0.2) is 81.4 Å². The number of hydrogen-bond acceptors (Lipinski definition) is 7. The lowest BCUT2D eigenvalue weighted by Crippen LogP contribution is -2.38. The number of fused-ring (bicyclic) bond motifs is 2. The van der Waals surface area contributed by atoms with Crippen LogP contribution < -0.4 is 9.64 Å². The highest BCUT2D eigenvalue weighted by atomic mass is 32.2. The van der Waals surface area contributed by atoms with E-state index in [1.807, 2.05) is 61.5 Å². The highest BCUT2D eigenvalue weighted by molar-refractivity contribution is 8.00. The third-order valence-corrected chi connectivity index (χ3v) is 11.0. The molecular weight excluding hydrogens is 542 g/mol. The van der Waals surface area contributed by atoms with E-state index in [4.69, 9.17) is 4.74 Å². The summed E-state index contributed by atoms with van der Waals surface area (Å²) in [4.78, 5) is 6.85. The van der Waals surface area contributed by atoms with Gasteiger partial charge in [0.05, 0.1) is 27.3 Å². The van der Waals surface area contributed by atoms with E-state index in [-0.39, 0.29) is 6.10 Å². The molecule has 3 aromatic rings. The van der Waals surface area contributed by atoms with Crippen molar-refractivity contribution in [2.75, 3.05) is 45.2 Å². The van der Waals surface area contributed by atoms with Crippen molar-refractivity contribution in [3.05, 3.63) is 72.3 Å². The Hall–Kier alpha value is -2.56. The summed E-state index contributed by atoms with van der Waals surface area (Å²) in [5.74, 6) is 1.18. The number of aliphatic hydroxyl groups is 1. The number of hydrogen-bond donors (Lipinski definition) is 1. The molecule has 0 radical (unpaired) electrons. The van der Waals surface area contributed by atoms with Gasteiger partial charge >= 0.3 is 0 Å². The van der Waals surface area contributed by atoms with Crippen molar-refractivity contribution < 1.29 is 18.3 Å². The molecule has 2 heterocycles. The number of benzene rings is 3. The Morgan fingerprint density at radius 1 is 1.00 bits per heavy atom. The second-order valence-corrected chi connectivity index (χ2v) is 14.0. The van der Waals surface area contributed by atoms with Gasteiger partial charge in [-0.2, -0.15) is 0 Å². The maximum absolute atomic E-state index is 13.2. The van der Waals surface area contributed by atoms with Crippen LogP contribution in [0.1, 0.15) is 31.7 Å². The lowest BCUT2D eigenvalue weighted by molar-refractivity contribution is 0.0717. The van der Waals surface area contributed by atoms with Crippen LogP contribution in [0.4, 0.5) is 11.4 Å². The van der Waals surface area contributed by atoms with E-state index < -0.39 is 10.0 Å². The van der Waals surface area contributed by atoms with Crippen molar-refractivity contribution in [3.63, 3.8) is 0 Å². The first-order valence-electron chi connectivity index (χ1n) is 14.0. The standard InChI is InChI=1S/C31H39N3O4S2/c1-23(35)25-15-19-33(20-16-25)17-8-18-34-27-11-7-12-30(40(36,37)32(2)3)31(27)39-29-14-13-26(21-28(29)34)38-22-24-9-5-4-6-10-24/h4-7,9-14,21,23,25,35H,8,15-20,22H2,1-3H3. The zero-order valence-electron chi connectivity index (χ0n) is 23.5. The smallest absolute Gasteiger partial charge is 0.243 e. The minimum atomic E-state index is -3.61. The van der Waals surface area contributed by atoms with Gasteiger partial charge in [0.2, 0.25) is 10.0 Å². The first-order valence-corrected chi connectivity index (χ1v) is 16.2. The minimum absolute atomic E-state index is 0.244. The van der Waals surface area contributed by atoms with Gasteiger partial charge in [-0.1, -0.05) is 48.2 Å². The summed E-state index contributed by atoms with van der Waals surface area (Å²) in [6.07, 6.45) is 2.74. The molecule has 1 saturated heterocycles. The lowest BCUT2D eigenvalue weighted by Gasteiger charge is -2.36. The van der Waals surface area contributed by atoms with E-state index in [0.29, 0.717) is 17.4 Å². The number of piperidine rings is 1. The Bertz CT molecular complexity index is 1410. The van der Waals surface area contributed by atoms with Gasteiger partial charge in [-0.05, 0) is 81.6 Å². The molecule has 0 saturated carbocycles. The minimum Gasteiger partial charge on any atom is -0.489 e. The average molecular weight is 582 g/mol.